The largest absolute Gasteiger partial charge is 0.396 e. The number of non-ortho nitro benzene ring substituents is 1. The minimum atomic E-state index is -0.786. The summed E-state index contributed by atoms with van der Waals surface area (Å²) in [5, 5.41) is 33.6. The van der Waals surface area contributed by atoms with Gasteiger partial charge in [-0.05, 0) is 24.3 Å². The summed E-state index contributed by atoms with van der Waals surface area (Å²) in [6.45, 7) is 0.493. The van der Waals surface area contributed by atoms with Gasteiger partial charge in [0, 0.05) is 31.3 Å². The smallest absolute Gasteiger partial charge is 0.269 e. The standard InChI is InChI=1S/C15H22N2O4/c18-10-12-4-1-2-7-14(12)16-9-15(19)11-5-3-6-13(8-11)17(20)21/h3,5-6,8,12,14-16,18-19H,1-2,4,7,9-10H2/t12-,14-,15-/m1/s1. The summed E-state index contributed by atoms with van der Waals surface area (Å²) in [4.78, 5) is 10.3. The number of hydrogen-bond acceptors (Lipinski definition) is 5. The summed E-state index contributed by atoms with van der Waals surface area (Å²) < 4.78 is 0. The normalized spacial score (nSPS) is 23.7. The van der Waals surface area contributed by atoms with Gasteiger partial charge in [0.25, 0.3) is 5.69 Å². The van der Waals surface area contributed by atoms with Crippen molar-refractivity contribution >= 4 is 5.69 Å². The lowest BCUT2D eigenvalue weighted by Crippen LogP contribution is -2.41. The van der Waals surface area contributed by atoms with Crippen LogP contribution in [0.3, 0.4) is 0 Å². The lowest BCUT2D eigenvalue weighted by Gasteiger charge is -2.31. The zero-order chi connectivity index (χ0) is 15.2. The molecule has 6 nitrogen and oxygen atoms in total. The monoisotopic (exact) mass is 294 g/mol. The number of nitro groups is 1. The summed E-state index contributed by atoms with van der Waals surface area (Å²) in [6.07, 6.45) is 3.47. The molecule has 0 aliphatic heterocycles. The van der Waals surface area contributed by atoms with Crippen LogP contribution in [0, 0.1) is 16.0 Å². The Morgan fingerprint density at radius 3 is 2.86 bits per heavy atom. The lowest BCUT2D eigenvalue weighted by molar-refractivity contribution is -0.385. The van der Waals surface area contributed by atoms with E-state index >= 15 is 0 Å². The maximum absolute atomic E-state index is 10.7. The van der Waals surface area contributed by atoms with Crippen LogP contribution in [0.4, 0.5) is 5.69 Å². The minimum Gasteiger partial charge on any atom is -0.396 e. The first-order valence-corrected chi connectivity index (χ1v) is 7.38. The Labute approximate surface area is 124 Å². The van der Waals surface area contributed by atoms with Crippen molar-refractivity contribution in [3.05, 3.63) is 39.9 Å². The van der Waals surface area contributed by atoms with Gasteiger partial charge in [0.2, 0.25) is 0 Å². The molecule has 0 bridgehead atoms. The molecule has 1 aliphatic rings. The summed E-state index contributed by atoms with van der Waals surface area (Å²) in [6, 6.07) is 6.28. The molecule has 6 heteroatoms. The molecule has 1 fully saturated rings. The Balaban J connectivity index is 1.93. The molecule has 3 atom stereocenters. The molecule has 1 saturated carbocycles. The molecule has 0 saturated heterocycles. The zero-order valence-electron chi connectivity index (χ0n) is 11.9. The van der Waals surface area contributed by atoms with Crippen LogP contribution in [0.1, 0.15) is 37.4 Å². The highest BCUT2D eigenvalue weighted by Crippen LogP contribution is 2.25. The summed E-state index contributed by atoms with van der Waals surface area (Å²) in [7, 11) is 0. The highest BCUT2D eigenvalue weighted by atomic mass is 16.6. The van der Waals surface area contributed by atoms with Crippen molar-refractivity contribution in [3.8, 4) is 0 Å². The Kier molecular flexibility index (Phi) is 5.67. The average molecular weight is 294 g/mol. The van der Waals surface area contributed by atoms with Crippen molar-refractivity contribution in [2.75, 3.05) is 13.2 Å². The first-order valence-electron chi connectivity index (χ1n) is 7.38. The molecule has 0 unspecified atom stereocenters. The molecular weight excluding hydrogens is 272 g/mol. The topological polar surface area (TPSA) is 95.6 Å². The summed E-state index contributed by atoms with van der Waals surface area (Å²) in [5.74, 6) is 0.232. The molecule has 21 heavy (non-hydrogen) atoms. The molecule has 1 aromatic carbocycles. The van der Waals surface area contributed by atoms with Crippen LogP contribution in [0.15, 0.2) is 24.3 Å². The predicted octanol–water partition coefficient (Wildman–Crippen LogP) is 1.77. The van der Waals surface area contributed by atoms with E-state index in [2.05, 4.69) is 5.32 Å². The zero-order valence-corrected chi connectivity index (χ0v) is 11.9. The van der Waals surface area contributed by atoms with E-state index in [9.17, 15) is 20.3 Å². The van der Waals surface area contributed by atoms with E-state index in [0.29, 0.717) is 12.1 Å². The fourth-order valence-corrected chi connectivity index (χ4v) is 2.92. The fraction of sp³-hybridized carbons (Fsp3) is 0.600. The van der Waals surface area contributed by atoms with Crippen molar-refractivity contribution in [1.29, 1.82) is 0 Å². The van der Waals surface area contributed by atoms with E-state index in [4.69, 9.17) is 0 Å². The van der Waals surface area contributed by atoms with E-state index in [1.54, 1.807) is 12.1 Å². The highest BCUT2D eigenvalue weighted by molar-refractivity contribution is 5.35. The van der Waals surface area contributed by atoms with Gasteiger partial charge in [-0.25, -0.2) is 0 Å². The quantitative estimate of drug-likeness (QED) is 0.549. The van der Waals surface area contributed by atoms with E-state index in [-0.39, 0.29) is 24.3 Å². The van der Waals surface area contributed by atoms with Crippen molar-refractivity contribution in [2.45, 2.75) is 37.8 Å². The van der Waals surface area contributed by atoms with E-state index in [1.165, 1.54) is 12.1 Å². The van der Waals surface area contributed by atoms with Gasteiger partial charge in [0.15, 0.2) is 0 Å². The van der Waals surface area contributed by atoms with Crippen molar-refractivity contribution in [1.82, 2.24) is 5.32 Å². The molecule has 1 aromatic rings. The number of nitrogens with zero attached hydrogens (tertiary/aromatic N) is 1. The van der Waals surface area contributed by atoms with E-state index in [0.717, 1.165) is 25.7 Å². The number of aliphatic hydroxyl groups excluding tert-OH is 2. The Bertz CT molecular complexity index is 480. The maximum Gasteiger partial charge on any atom is 0.269 e. The Morgan fingerprint density at radius 1 is 1.38 bits per heavy atom. The predicted molar refractivity (Wildman–Crippen MR) is 78.9 cm³/mol. The Hall–Kier alpha value is -1.50. The lowest BCUT2D eigenvalue weighted by atomic mass is 9.85. The van der Waals surface area contributed by atoms with Crippen LogP contribution >= 0.6 is 0 Å². The van der Waals surface area contributed by atoms with Gasteiger partial charge >= 0.3 is 0 Å². The van der Waals surface area contributed by atoms with Gasteiger partial charge in [0.1, 0.15) is 0 Å². The minimum absolute atomic E-state index is 0.0162. The first-order chi connectivity index (χ1) is 10.1. The van der Waals surface area contributed by atoms with Gasteiger partial charge in [-0.15, -0.1) is 0 Å². The van der Waals surface area contributed by atoms with Crippen LogP contribution in [0.2, 0.25) is 0 Å². The van der Waals surface area contributed by atoms with Gasteiger partial charge in [-0.3, -0.25) is 10.1 Å². The molecular formula is C15H22N2O4. The number of nitrogens with one attached hydrogen (secondary N) is 1. The molecule has 0 spiro atoms. The van der Waals surface area contributed by atoms with Crippen LogP contribution in [0.5, 0.6) is 0 Å². The van der Waals surface area contributed by atoms with E-state index < -0.39 is 11.0 Å². The maximum atomic E-state index is 10.7. The molecule has 0 heterocycles. The second kappa shape index (κ2) is 7.49. The van der Waals surface area contributed by atoms with Crippen LogP contribution in [-0.2, 0) is 0 Å². The molecule has 1 aliphatic carbocycles. The first kappa shape index (κ1) is 15.9. The van der Waals surface area contributed by atoms with E-state index in [1.807, 2.05) is 0 Å². The molecule has 0 aromatic heterocycles. The third kappa shape index (κ3) is 4.23. The molecule has 2 rings (SSSR count). The molecule has 0 radical (unpaired) electrons. The third-order valence-electron chi connectivity index (χ3n) is 4.18. The number of benzene rings is 1. The third-order valence-corrected chi connectivity index (χ3v) is 4.18. The van der Waals surface area contributed by atoms with Gasteiger partial charge in [-0.2, -0.15) is 0 Å². The second-order valence-electron chi connectivity index (χ2n) is 5.61. The fourth-order valence-electron chi connectivity index (χ4n) is 2.92. The van der Waals surface area contributed by atoms with Crippen LogP contribution < -0.4 is 5.32 Å². The van der Waals surface area contributed by atoms with Crippen LogP contribution in [0.25, 0.3) is 0 Å². The van der Waals surface area contributed by atoms with Gasteiger partial charge in [-0.1, -0.05) is 25.0 Å². The van der Waals surface area contributed by atoms with Gasteiger partial charge < -0.3 is 15.5 Å². The molecule has 3 N–H and O–H groups in total. The summed E-state index contributed by atoms with van der Waals surface area (Å²) in [5.41, 5.74) is 0.519. The highest BCUT2D eigenvalue weighted by Gasteiger charge is 2.24. The average Bonchev–Trinajstić information content (AvgIpc) is 2.52. The van der Waals surface area contributed by atoms with Crippen molar-refractivity contribution in [3.63, 3.8) is 0 Å². The molecule has 0 amide bonds. The number of nitro benzene ring substituents is 1. The second-order valence-corrected chi connectivity index (χ2v) is 5.61. The van der Waals surface area contributed by atoms with Crippen molar-refractivity contribution < 1.29 is 15.1 Å². The van der Waals surface area contributed by atoms with Crippen LogP contribution in [-0.4, -0.2) is 34.3 Å². The SMILES string of the molecule is O=[N+]([O-])c1cccc([C@H](O)CN[C@@H]2CCCC[C@@H]2CO)c1. The van der Waals surface area contributed by atoms with Gasteiger partial charge in [0.05, 0.1) is 11.0 Å². The number of aliphatic hydroxyl groups is 2. The number of hydrogen-bond donors (Lipinski definition) is 3. The molecule has 116 valence electrons. The summed E-state index contributed by atoms with van der Waals surface area (Å²) >= 11 is 0. The number of rotatable bonds is 6. The Morgan fingerprint density at radius 2 is 2.14 bits per heavy atom. The van der Waals surface area contributed by atoms with Crippen molar-refractivity contribution in [2.24, 2.45) is 5.92 Å².